The summed E-state index contributed by atoms with van der Waals surface area (Å²) in [6.45, 7) is 3.59. The lowest BCUT2D eigenvalue weighted by Crippen LogP contribution is -2.43. The van der Waals surface area contributed by atoms with Crippen molar-refractivity contribution in [1.82, 2.24) is 13.9 Å². The normalized spacial score (nSPS) is 24.0. The highest BCUT2D eigenvalue weighted by Gasteiger charge is 2.26. The first-order valence-corrected chi connectivity index (χ1v) is 14.2. The first-order chi connectivity index (χ1) is 14.7. The molecule has 0 radical (unpaired) electrons. The van der Waals surface area contributed by atoms with Gasteiger partial charge in [0.15, 0.2) is 0 Å². The van der Waals surface area contributed by atoms with Crippen LogP contribution in [0.2, 0.25) is 5.02 Å². The standard InChI is InChI=1S/C23H37BrClN3O2S/c1-27(2)31(29,30)26-22-8-5-18(6-9-22)4-3-13-28-14-11-19(12-15-28)16-20-17-21(25)7-10-23(20)24/h7,10,17-19,22,26H,3-6,8-9,11-16H2,1-2H3. The molecule has 31 heavy (non-hydrogen) atoms. The Bertz CT molecular complexity index is 805. The number of benzene rings is 1. The molecule has 5 nitrogen and oxygen atoms in total. The molecular weight excluding hydrogens is 498 g/mol. The molecule has 0 atom stereocenters. The van der Waals surface area contributed by atoms with Crippen LogP contribution in [0.5, 0.6) is 0 Å². The van der Waals surface area contributed by atoms with Crippen LogP contribution < -0.4 is 4.72 Å². The molecule has 0 spiro atoms. The van der Waals surface area contributed by atoms with Crippen molar-refractivity contribution in [2.45, 2.75) is 63.8 Å². The van der Waals surface area contributed by atoms with Gasteiger partial charge in [-0.15, -0.1) is 0 Å². The Hall–Kier alpha value is -0.180. The molecule has 3 rings (SSSR count). The van der Waals surface area contributed by atoms with Crippen molar-refractivity contribution in [1.29, 1.82) is 0 Å². The molecule has 2 fully saturated rings. The van der Waals surface area contributed by atoms with E-state index in [0.717, 1.165) is 49.0 Å². The molecule has 1 saturated carbocycles. The van der Waals surface area contributed by atoms with E-state index < -0.39 is 10.2 Å². The topological polar surface area (TPSA) is 52.7 Å². The molecular formula is C23H37BrClN3O2S. The van der Waals surface area contributed by atoms with Crippen molar-refractivity contribution >= 4 is 37.7 Å². The number of likely N-dealkylation sites (tertiary alicyclic amines) is 1. The van der Waals surface area contributed by atoms with Crippen LogP contribution >= 0.6 is 27.5 Å². The van der Waals surface area contributed by atoms with Crippen LogP contribution in [0.15, 0.2) is 22.7 Å². The Morgan fingerprint density at radius 3 is 2.42 bits per heavy atom. The van der Waals surface area contributed by atoms with Crippen LogP contribution in [0.4, 0.5) is 0 Å². The molecule has 1 saturated heterocycles. The van der Waals surface area contributed by atoms with Gasteiger partial charge in [-0.25, -0.2) is 0 Å². The number of halogens is 2. The first kappa shape index (κ1) is 25.4. The SMILES string of the molecule is CN(C)S(=O)(=O)NC1CCC(CCCN2CCC(Cc3cc(Cl)ccc3Br)CC2)CC1. The van der Waals surface area contributed by atoms with Gasteiger partial charge in [0, 0.05) is 29.6 Å². The van der Waals surface area contributed by atoms with Crippen molar-refractivity contribution in [3.8, 4) is 0 Å². The number of piperidine rings is 1. The van der Waals surface area contributed by atoms with E-state index in [-0.39, 0.29) is 6.04 Å². The highest BCUT2D eigenvalue weighted by molar-refractivity contribution is 9.10. The summed E-state index contributed by atoms with van der Waals surface area (Å²) in [6.07, 6.45) is 10.3. The number of nitrogens with one attached hydrogen (secondary N) is 1. The van der Waals surface area contributed by atoms with E-state index in [4.69, 9.17) is 11.6 Å². The molecule has 1 heterocycles. The fraction of sp³-hybridized carbons (Fsp3) is 0.739. The first-order valence-electron chi connectivity index (χ1n) is 11.6. The smallest absolute Gasteiger partial charge is 0.279 e. The zero-order chi connectivity index (χ0) is 22.4. The maximum Gasteiger partial charge on any atom is 0.279 e. The van der Waals surface area contributed by atoms with Crippen LogP contribution in [-0.4, -0.2) is 57.4 Å². The molecule has 1 N–H and O–H groups in total. The van der Waals surface area contributed by atoms with Gasteiger partial charge in [0.05, 0.1) is 0 Å². The van der Waals surface area contributed by atoms with Gasteiger partial charge < -0.3 is 4.90 Å². The largest absolute Gasteiger partial charge is 0.303 e. The summed E-state index contributed by atoms with van der Waals surface area (Å²) < 4.78 is 29.2. The van der Waals surface area contributed by atoms with Gasteiger partial charge in [0.25, 0.3) is 10.2 Å². The Morgan fingerprint density at radius 1 is 1.10 bits per heavy atom. The summed E-state index contributed by atoms with van der Waals surface area (Å²) in [6, 6.07) is 6.18. The Kier molecular flexibility index (Phi) is 9.68. The maximum absolute atomic E-state index is 12.0. The quantitative estimate of drug-likeness (QED) is 0.480. The van der Waals surface area contributed by atoms with Gasteiger partial charge in [-0.3, -0.25) is 0 Å². The van der Waals surface area contributed by atoms with E-state index in [1.54, 1.807) is 14.1 Å². The third-order valence-corrected chi connectivity index (χ3v) is 9.55. The molecule has 2 aliphatic rings. The highest BCUT2D eigenvalue weighted by atomic mass is 79.9. The molecule has 1 aromatic carbocycles. The average Bonchev–Trinajstić information content (AvgIpc) is 2.73. The average molecular weight is 535 g/mol. The summed E-state index contributed by atoms with van der Waals surface area (Å²) >= 11 is 9.83. The Morgan fingerprint density at radius 2 is 1.77 bits per heavy atom. The summed E-state index contributed by atoms with van der Waals surface area (Å²) in [7, 11) is -0.156. The minimum atomic E-state index is -3.31. The number of nitrogens with zero attached hydrogens (tertiary/aromatic N) is 2. The number of rotatable bonds is 9. The van der Waals surface area contributed by atoms with Gasteiger partial charge >= 0.3 is 0 Å². The Labute approximate surface area is 202 Å². The van der Waals surface area contributed by atoms with E-state index in [9.17, 15) is 8.42 Å². The third-order valence-electron chi connectivity index (χ3n) is 6.95. The molecule has 1 aliphatic heterocycles. The lowest BCUT2D eigenvalue weighted by molar-refractivity contribution is 0.175. The van der Waals surface area contributed by atoms with E-state index in [2.05, 4.69) is 37.7 Å². The fourth-order valence-electron chi connectivity index (χ4n) is 4.91. The lowest BCUT2D eigenvalue weighted by atomic mass is 9.83. The summed E-state index contributed by atoms with van der Waals surface area (Å²) in [5.74, 6) is 1.49. The van der Waals surface area contributed by atoms with Gasteiger partial charge in [0.2, 0.25) is 0 Å². The van der Waals surface area contributed by atoms with E-state index in [1.807, 2.05) is 6.07 Å². The third kappa shape index (κ3) is 7.97. The molecule has 176 valence electrons. The Balaban J connectivity index is 1.30. The predicted octanol–water partition coefficient (Wildman–Crippen LogP) is 5.09. The van der Waals surface area contributed by atoms with Gasteiger partial charge in [0.1, 0.15) is 0 Å². The zero-order valence-electron chi connectivity index (χ0n) is 18.8. The van der Waals surface area contributed by atoms with Gasteiger partial charge in [-0.05, 0) is 113 Å². The highest BCUT2D eigenvalue weighted by Crippen LogP contribution is 2.30. The van der Waals surface area contributed by atoms with E-state index in [0.29, 0.717) is 0 Å². The van der Waals surface area contributed by atoms with Crippen molar-refractivity contribution < 1.29 is 8.42 Å². The van der Waals surface area contributed by atoms with E-state index in [1.165, 1.54) is 59.7 Å². The van der Waals surface area contributed by atoms with Gasteiger partial charge in [-0.2, -0.15) is 17.4 Å². The molecule has 0 aromatic heterocycles. The molecule has 1 aliphatic carbocycles. The van der Waals surface area contributed by atoms with E-state index >= 15 is 0 Å². The van der Waals surface area contributed by atoms with Crippen molar-refractivity contribution in [3.63, 3.8) is 0 Å². The molecule has 0 amide bonds. The van der Waals surface area contributed by atoms with Crippen LogP contribution in [0.1, 0.15) is 56.9 Å². The van der Waals surface area contributed by atoms with Crippen molar-refractivity contribution in [2.75, 3.05) is 33.7 Å². The molecule has 0 bridgehead atoms. The van der Waals surface area contributed by atoms with Crippen molar-refractivity contribution in [2.24, 2.45) is 11.8 Å². The fourth-order valence-corrected chi connectivity index (χ4v) is 6.38. The predicted molar refractivity (Wildman–Crippen MR) is 133 cm³/mol. The van der Waals surface area contributed by atoms with Crippen LogP contribution in [-0.2, 0) is 16.6 Å². The second-order valence-electron chi connectivity index (χ2n) is 9.49. The second-order valence-corrected chi connectivity index (χ2v) is 12.7. The van der Waals surface area contributed by atoms with Crippen LogP contribution in [0.3, 0.4) is 0 Å². The molecule has 1 aromatic rings. The maximum atomic E-state index is 12.0. The van der Waals surface area contributed by atoms with Crippen LogP contribution in [0.25, 0.3) is 0 Å². The monoisotopic (exact) mass is 533 g/mol. The van der Waals surface area contributed by atoms with Gasteiger partial charge in [-0.1, -0.05) is 27.5 Å². The summed E-state index contributed by atoms with van der Waals surface area (Å²) in [5.41, 5.74) is 1.33. The van der Waals surface area contributed by atoms with Crippen LogP contribution in [0, 0.1) is 11.8 Å². The summed E-state index contributed by atoms with van der Waals surface area (Å²) in [5, 5.41) is 0.819. The minimum absolute atomic E-state index is 0.0993. The number of hydrogen-bond donors (Lipinski definition) is 1. The lowest BCUT2D eigenvalue weighted by Gasteiger charge is -2.33. The van der Waals surface area contributed by atoms with Crippen molar-refractivity contribution in [3.05, 3.63) is 33.3 Å². The molecule has 0 unspecified atom stereocenters. The minimum Gasteiger partial charge on any atom is -0.303 e. The second kappa shape index (κ2) is 11.8. The zero-order valence-corrected chi connectivity index (χ0v) is 22.0. The molecule has 8 heteroatoms. The summed E-state index contributed by atoms with van der Waals surface area (Å²) in [4.78, 5) is 2.63. The number of hydrogen-bond acceptors (Lipinski definition) is 3.